The van der Waals surface area contributed by atoms with Gasteiger partial charge in [-0.15, -0.1) is 0 Å². The Bertz CT molecular complexity index is 1700. The maximum absolute atomic E-state index is 7.94. The molecule has 0 N–H and O–H groups in total. The normalized spacial score (nSPS) is 18.1. The molecule has 146 valence electrons. The van der Waals surface area contributed by atoms with Crippen molar-refractivity contribution in [2.24, 2.45) is 0 Å². The number of aromatic nitrogens is 1. The molecule has 30 heavy (non-hydrogen) atoms. The molecule has 1 nitrogen and oxygen atoms in total. The van der Waals surface area contributed by atoms with Gasteiger partial charge < -0.3 is 0 Å². The van der Waals surface area contributed by atoms with Crippen LogP contribution < -0.4 is 8.79 Å². The van der Waals surface area contributed by atoms with Gasteiger partial charge in [0.05, 0.1) is 0 Å². The molecule has 5 aromatic rings. The molecule has 0 radical (unpaired) electrons. The summed E-state index contributed by atoms with van der Waals surface area (Å²) < 4.78 is 52.4. The van der Waals surface area contributed by atoms with Crippen molar-refractivity contribution in [1.29, 1.82) is 0 Å². The summed E-state index contributed by atoms with van der Waals surface area (Å²) in [5, 5.41) is 2.28. The van der Waals surface area contributed by atoms with Crippen LogP contribution in [0.2, 0.25) is 11.5 Å². The Kier molecular flexibility index (Phi) is 2.74. The molecule has 1 aliphatic rings. The van der Waals surface area contributed by atoms with Crippen LogP contribution >= 0.6 is 11.3 Å². The first-order valence-electron chi connectivity index (χ1n) is 13.0. The molecular weight excluding hydrogens is 443 g/mol. The number of benzene rings is 3. The number of thiophene rings is 1. The van der Waals surface area contributed by atoms with Crippen LogP contribution in [0.15, 0.2) is 66.9 Å². The van der Waals surface area contributed by atoms with Gasteiger partial charge in [0, 0.05) is 0 Å². The van der Waals surface area contributed by atoms with Crippen LogP contribution in [0.4, 0.5) is 0 Å². The summed E-state index contributed by atoms with van der Waals surface area (Å²) in [5.41, 5.74) is 3.58. The molecule has 0 saturated heterocycles. The number of hydrogen-bond acceptors (Lipinski definition) is 2. The molecule has 3 heteroatoms. The van der Waals surface area contributed by atoms with Gasteiger partial charge >= 0.3 is 192 Å². The summed E-state index contributed by atoms with van der Waals surface area (Å²) in [6.45, 7) is -5.10. The van der Waals surface area contributed by atoms with E-state index in [2.05, 4.69) is 59.0 Å². The maximum atomic E-state index is 7.94. The Morgan fingerprint density at radius 3 is 2.50 bits per heavy atom. The van der Waals surface area contributed by atoms with Gasteiger partial charge in [-0.25, -0.2) is 0 Å². The summed E-state index contributed by atoms with van der Waals surface area (Å²) in [5.74, 6) is 4.89. The summed E-state index contributed by atoms with van der Waals surface area (Å²) in [6.07, 6.45) is 1.21. The average molecular weight is 472 g/mol. The first kappa shape index (κ1) is 13.1. The third-order valence-electron chi connectivity index (χ3n) is 6.38. The first-order valence-corrected chi connectivity index (χ1v) is 17.1. The van der Waals surface area contributed by atoms with Crippen molar-refractivity contribution in [1.82, 2.24) is 4.98 Å². The van der Waals surface area contributed by atoms with E-state index in [1.54, 1.807) is 11.3 Å². The zero-order chi connectivity index (χ0) is 25.6. The van der Waals surface area contributed by atoms with Crippen molar-refractivity contribution in [3.8, 4) is 22.4 Å². The van der Waals surface area contributed by atoms with Gasteiger partial charge in [-0.3, -0.25) is 0 Å². The van der Waals surface area contributed by atoms with E-state index in [0.717, 1.165) is 15.6 Å². The number of rotatable bonds is 1. The van der Waals surface area contributed by atoms with Crippen molar-refractivity contribution in [2.75, 3.05) is 0 Å². The molecule has 0 atom stereocenters. The van der Waals surface area contributed by atoms with Crippen molar-refractivity contribution < 1.29 is 8.22 Å². The Morgan fingerprint density at radius 2 is 1.63 bits per heavy atom. The zero-order valence-corrected chi connectivity index (χ0v) is 19.6. The van der Waals surface area contributed by atoms with E-state index in [1.165, 1.54) is 42.3 Å². The van der Waals surface area contributed by atoms with E-state index >= 15 is 0 Å². The summed E-state index contributed by atoms with van der Waals surface area (Å²) >= 11 is -0.705. The third-order valence-corrected chi connectivity index (χ3v) is 15.0. The van der Waals surface area contributed by atoms with Crippen molar-refractivity contribution in [2.45, 2.75) is 25.2 Å². The van der Waals surface area contributed by atoms with E-state index in [-0.39, 0.29) is 11.1 Å². The minimum atomic E-state index is -2.55. The Balaban J connectivity index is 1.60. The fraction of sp³-hybridized carbons (Fsp3) is 0.148. The average Bonchev–Trinajstić information content (AvgIpc) is 3.29. The SMILES string of the molecule is [2H]C([2H])([2H])c1cnc(-c2cccc3c2sc2c[c]4c(cc23)-c2cccc[c]2[Ge]4([CH3])[CH3])cc1C([2H])([2H])[2H]. The number of pyridine rings is 1. The third kappa shape index (κ3) is 2.44. The van der Waals surface area contributed by atoms with E-state index in [9.17, 15) is 0 Å². The Hall–Kier alpha value is -2.43. The quantitative estimate of drug-likeness (QED) is 0.253. The summed E-state index contributed by atoms with van der Waals surface area (Å²) in [6, 6.07) is 20.9. The topological polar surface area (TPSA) is 12.9 Å². The van der Waals surface area contributed by atoms with Crippen LogP contribution in [0.3, 0.4) is 0 Å². The molecule has 2 aromatic heterocycles. The van der Waals surface area contributed by atoms with Crippen LogP contribution in [-0.4, -0.2) is 18.3 Å². The second-order valence-corrected chi connectivity index (χ2v) is 18.6. The van der Waals surface area contributed by atoms with Crippen LogP contribution in [-0.2, 0) is 0 Å². The Labute approximate surface area is 192 Å². The van der Waals surface area contributed by atoms with Crippen molar-refractivity contribution >= 4 is 53.6 Å². The number of fused-ring (bicyclic) bond motifs is 6. The van der Waals surface area contributed by atoms with E-state index in [0.29, 0.717) is 5.69 Å². The van der Waals surface area contributed by atoms with Gasteiger partial charge in [0.25, 0.3) is 0 Å². The van der Waals surface area contributed by atoms with E-state index in [4.69, 9.17) is 8.22 Å². The second kappa shape index (κ2) is 6.29. The summed E-state index contributed by atoms with van der Waals surface area (Å²) in [4.78, 5) is 4.43. The second-order valence-electron chi connectivity index (χ2n) is 8.46. The van der Waals surface area contributed by atoms with Gasteiger partial charge in [-0.2, -0.15) is 0 Å². The molecule has 0 unspecified atom stereocenters. The molecule has 3 heterocycles. The minimum absolute atomic E-state index is 0.170. The molecule has 0 bridgehead atoms. The zero-order valence-electron chi connectivity index (χ0n) is 22.7. The van der Waals surface area contributed by atoms with Crippen LogP contribution in [0, 0.1) is 13.7 Å². The first-order chi connectivity index (χ1) is 16.9. The molecule has 1 aliphatic heterocycles. The van der Waals surface area contributed by atoms with Crippen LogP contribution in [0.1, 0.15) is 19.4 Å². The van der Waals surface area contributed by atoms with Crippen LogP contribution in [0.25, 0.3) is 42.6 Å². The van der Waals surface area contributed by atoms with Gasteiger partial charge in [0.15, 0.2) is 0 Å². The van der Waals surface area contributed by atoms with Gasteiger partial charge in [-0.1, -0.05) is 0 Å². The molecule has 0 aliphatic carbocycles. The van der Waals surface area contributed by atoms with Crippen LogP contribution in [0.5, 0.6) is 0 Å². The van der Waals surface area contributed by atoms with Crippen molar-refractivity contribution in [3.05, 3.63) is 78.0 Å². The fourth-order valence-electron chi connectivity index (χ4n) is 4.80. The molecule has 0 amide bonds. The molecule has 0 spiro atoms. The predicted molar refractivity (Wildman–Crippen MR) is 134 cm³/mol. The van der Waals surface area contributed by atoms with Gasteiger partial charge in [0.2, 0.25) is 0 Å². The number of aryl methyl sites for hydroxylation is 2. The molecule has 0 fully saturated rings. The fourth-order valence-corrected chi connectivity index (χ4v) is 12.7. The monoisotopic (exact) mass is 473 g/mol. The molecule has 0 saturated carbocycles. The Morgan fingerprint density at radius 1 is 0.800 bits per heavy atom. The van der Waals surface area contributed by atoms with E-state index in [1.807, 2.05) is 12.1 Å². The van der Waals surface area contributed by atoms with E-state index < -0.39 is 27.0 Å². The number of hydrogen-bond donors (Lipinski definition) is 0. The summed E-state index contributed by atoms with van der Waals surface area (Å²) in [7, 11) is 0. The molecule has 3 aromatic carbocycles. The standard InChI is InChI=1S/C27H23GeNS/c1-16-12-25(29-15-17(16)2)20-10-7-9-19-22-13-21-18-8-5-6-11-23(18)28(3,4)24(21)14-26(22)30-27(19)20/h5-15H,1-4H3/i1D3,2D3. The number of nitrogens with zero attached hydrogens (tertiary/aromatic N) is 1. The molecule has 6 rings (SSSR count). The molecular formula is C27H23GeNS. The predicted octanol–water partition coefficient (Wildman–Crippen LogP) is 6.54. The van der Waals surface area contributed by atoms with Gasteiger partial charge in [0.1, 0.15) is 0 Å². The van der Waals surface area contributed by atoms with Gasteiger partial charge in [-0.05, 0) is 0 Å². The van der Waals surface area contributed by atoms with Crippen molar-refractivity contribution in [3.63, 3.8) is 0 Å².